The minimum atomic E-state index is -0.211. The van der Waals surface area contributed by atoms with Gasteiger partial charge in [0, 0.05) is 6.54 Å². The number of amides is 1. The van der Waals surface area contributed by atoms with Crippen molar-refractivity contribution in [2.45, 2.75) is 25.7 Å². The summed E-state index contributed by atoms with van der Waals surface area (Å²) < 4.78 is 0. The van der Waals surface area contributed by atoms with Crippen molar-refractivity contribution in [2.75, 3.05) is 12.3 Å². The quantitative estimate of drug-likeness (QED) is 0.712. The fraction of sp³-hybridized carbons (Fsp3) is 0.727. The number of nitrogens with two attached hydrogens (primary N) is 1. The first-order valence-electron chi connectivity index (χ1n) is 6.18. The number of carbonyl (C=O) groups excluding carboxylic acids is 1. The van der Waals surface area contributed by atoms with Crippen LogP contribution in [-0.4, -0.2) is 27.6 Å². The van der Waals surface area contributed by atoms with Crippen molar-refractivity contribution in [1.29, 1.82) is 0 Å². The average Bonchev–Trinajstić information content (AvgIpc) is 3.01. The van der Waals surface area contributed by atoms with E-state index in [2.05, 4.69) is 20.5 Å². The molecule has 0 saturated heterocycles. The monoisotopic (exact) mass is 235 g/mol. The fourth-order valence-electron chi connectivity index (χ4n) is 3.31. The topological polar surface area (TPSA) is 96.7 Å². The zero-order chi connectivity index (χ0) is 11.8. The number of hydrogen-bond acceptors (Lipinski definition) is 4. The lowest BCUT2D eigenvalue weighted by atomic mass is 9.89. The summed E-state index contributed by atoms with van der Waals surface area (Å²) in [6, 6.07) is 0. The lowest BCUT2D eigenvalue weighted by Gasteiger charge is -2.21. The van der Waals surface area contributed by atoms with E-state index in [4.69, 9.17) is 5.73 Å². The van der Waals surface area contributed by atoms with E-state index in [1.165, 1.54) is 25.7 Å². The van der Waals surface area contributed by atoms with Crippen LogP contribution >= 0.6 is 0 Å². The number of carbonyl (C=O) groups is 1. The van der Waals surface area contributed by atoms with Gasteiger partial charge in [-0.2, -0.15) is 4.98 Å². The summed E-state index contributed by atoms with van der Waals surface area (Å²) in [4.78, 5) is 15.5. The maximum atomic E-state index is 11.7. The van der Waals surface area contributed by atoms with Gasteiger partial charge in [-0.15, -0.1) is 5.10 Å². The number of nitrogens with zero attached hydrogens (tertiary/aromatic N) is 2. The van der Waals surface area contributed by atoms with Gasteiger partial charge >= 0.3 is 0 Å². The number of rotatable bonds is 3. The number of aromatic amines is 1. The van der Waals surface area contributed by atoms with Gasteiger partial charge in [-0.1, -0.05) is 6.42 Å². The highest BCUT2D eigenvalue weighted by atomic mass is 16.2. The lowest BCUT2D eigenvalue weighted by molar-refractivity contribution is 0.0932. The Morgan fingerprint density at radius 2 is 2.35 bits per heavy atom. The van der Waals surface area contributed by atoms with Crippen LogP contribution in [0, 0.1) is 17.8 Å². The largest absolute Gasteiger partial charge is 0.366 e. The van der Waals surface area contributed by atoms with Crippen LogP contribution in [0.3, 0.4) is 0 Å². The molecule has 2 aliphatic carbocycles. The summed E-state index contributed by atoms with van der Waals surface area (Å²) in [5.41, 5.74) is 5.35. The number of nitrogen functional groups attached to an aromatic ring is 1. The van der Waals surface area contributed by atoms with E-state index in [0.717, 1.165) is 18.4 Å². The molecule has 4 N–H and O–H groups in total. The molecule has 1 amide bonds. The molecule has 2 fully saturated rings. The van der Waals surface area contributed by atoms with Gasteiger partial charge in [-0.05, 0) is 37.0 Å². The van der Waals surface area contributed by atoms with Gasteiger partial charge in [0.1, 0.15) is 0 Å². The van der Waals surface area contributed by atoms with E-state index in [1.54, 1.807) is 0 Å². The van der Waals surface area contributed by atoms with Crippen molar-refractivity contribution < 1.29 is 4.79 Å². The smallest absolute Gasteiger partial charge is 0.288 e. The summed E-state index contributed by atoms with van der Waals surface area (Å²) in [6.07, 6.45) is 5.34. The third-order valence-corrected chi connectivity index (χ3v) is 4.13. The molecule has 2 aliphatic rings. The van der Waals surface area contributed by atoms with Crippen molar-refractivity contribution in [3.05, 3.63) is 5.82 Å². The minimum Gasteiger partial charge on any atom is -0.366 e. The summed E-state index contributed by atoms with van der Waals surface area (Å²) in [6.45, 7) is 0.751. The second kappa shape index (κ2) is 4.01. The number of aromatic nitrogens is 3. The lowest BCUT2D eigenvalue weighted by Crippen LogP contribution is -2.32. The molecule has 0 radical (unpaired) electrons. The molecular formula is C11H17N5O. The fourth-order valence-corrected chi connectivity index (χ4v) is 3.31. The Bertz CT molecular complexity index is 429. The molecule has 3 rings (SSSR count). The van der Waals surface area contributed by atoms with Gasteiger partial charge in [-0.25, -0.2) is 0 Å². The molecule has 0 aliphatic heterocycles. The normalized spacial score (nSPS) is 30.7. The van der Waals surface area contributed by atoms with E-state index in [9.17, 15) is 4.79 Å². The van der Waals surface area contributed by atoms with Crippen molar-refractivity contribution in [3.63, 3.8) is 0 Å². The maximum Gasteiger partial charge on any atom is 0.288 e. The number of fused-ring (bicyclic) bond motifs is 2. The zero-order valence-corrected chi connectivity index (χ0v) is 9.65. The van der Waals surface area contributed by atoms with E-state index >= 15 is 0 Å². The van der Waals surface area contributed by atoms with Crippen LogP contribution < -0.4 is 11.1 Å². The molecule has 0 aromatic carbocycles. The van der Waals surface area contributed by atoms with E-state index in [-0.39, 0.29) is 17.7 Å². The Kier molecular flexibility index (Phi) is 2.49. The predicted molar refractivity (Wildman–Crippen MR) is 62.1 cm³/mol. The van der Waals surface area contributed by atoms with Crippen LogP contribution in [-0.2, 0) is 0 Å². The van der Waals surface area contributed by atoms with Gasteiger partial charge in [0.15, 0.2) is 0 Å². The molecule has 2 saturated carbocycles. The number of anilines is 1. The molecular weight excluding hydrogens is 218 g/mol. The molecule has 6 heteroatoms. The van der Waals surface area contributed by atoms with E-state index < -0.39 is 0 Å². The molecule has 0 spiro atoms. The van der Waals surface area contributed by atoms with Crippen LogP contribution in [0.2, 0.25) is 0 Å². The van der Waals surface area contributed by atoms with Crippen LogP contribution in [0.4, 0.5) is 5.95 Å². The molecule has 1 heterocycles. The first-order chi connectivity index (χ1) is 8.22. The van der Waals surface area contributed by atoms with Crippen molar-refractivity contribution in [2.24, 2.45) is 17.8 Å². The number of hydrogen-bond donors (Lipinski definition) is 3. The van der Waals surface area contributed by atoms with E-state index in [0.29, 0.717) is 5.92 Å². The third kappa shape index (κ3) is 1.99. The molecule has 3 unspecified atom stereocenters. The molecule has 17 heavy (non-hydrogen) atoms. The summed E-state index contributed by atoms with van der Waals surface area (Å²) >= 11 is 0. The minimum absolute atomic E-state index is 0.107. The van der Waals surface area contributed by atoms with Gasteiger partial charge < -0.3 is 11.1 Å². The van der Waals surface area contributed by atoms with Crippen molar-refractivity contribution in [3.8, 4) is 0 Å². The molecule has 6 nitrogen and oxygen atoms in total. The molecule has 92 valence electrons. The van der Waals surface area contributed by atoms with Crippen LogP contribution in [0.15, 0.2) is 0 Å². The highest BCUT2D eigenvalue weighted by molar-refractivity contribution is 5.90. The van der Waals surface area contributed by atoms with Crippen LogP contribution in [0.25, 0.3) is 0 Å². The summed E-state index contributed by atoms with van der Waals surface area (Å²) in [5, 5.41) is 9.06. The SMILES string of the molecule is Nc1n[nH]c(C(=O)NCC2CC3CCC2C3)n1. The Morgan fingerprint density at radius 1 is 1.47 bits per heavy atom. The maximum absolute atomic E-state index is 11.7. The average molecular weight is 235 g/mol. The second-order valence-electron chi connectivity index (χ2n) is 5.19. The Labute approximate surface area is 99.4 Å². The highest BCUT2D eigenvalue weighted by Gasteiger charge is 2.39. The predicted octanol–water partition coefficient (Wildman–Crippen LogP) is 0.553. The van der Waals surface area contributed by atoms with Gasteiger partial charge in [0.05, 0.1) is 0 Å². The van der Waals surface area contributed by atoms with Gasteiger partial charge in [-0.3, -0.25) is 9.89 Å². The second-order valence-corrected chi connectivity index (χ2v) is 5.19. The number of H-pyrrole nitrogens is 1. The first-order valence-corrected chi connectivity index (χ1v) is 6.18. The van der Waals surface area contributed by atoms with Gasteiger partial charge in [0.25, 0.3) is 5.91 Å². The number of nitrogens with one attached hydrogen (secondary N) is 2. The first kappa shape index (κ1) is 10.6. The van der Waals surface area contributed by atoms with Crippen LogP contribution in [0.1, 0.15) is 36.3 Å². The highest BCUT2D eigenvalue weighted by Crippen LogP contribution is 2.47. The zero-order valence-electron chi connectivity index (χ0n) is 9.65. The van der Waals surface area contributed by atoms with Crippen molar-refractivity contribution >= 4 is 11.9 Å². The molecule has 3 atom stereocenters. The van der Waals surface area contributed by atoms with E-state index in [1.807, 2.05) is 0 Å². The molecule has 2 bridgehead atoms. The summed E-state index contributed by atoms with van der Waals surface area (Å²) in [7, 11) is 0. The Balaban J connectivity index is 1.53. The Morgan fingerprint density at radius 3 is 2.94 bits per heavy atom. The molecule has 1 aromatic heterocycles. The van der Waals surface area contributed by atoms with Crippen LogP contribution in [0.5, 0.6) is 0 Å². The molecule has 1 aromatic rings. The third-order valence-electron chi connectivity index (χ3n) is 4.13. The van der Waals surface area contributed by atoms with Crippen molar-refractivity contribution in [1.82, 2.24) is 20.5 Å². The summed E-state index contributed by atoms with van der Waals surface area (Å²) in [5.74, 6) is 2.47. The Hall–Kier alpha value is -1.59. The standard InChI is InChI=1S/C11H17N5O/c12-11-14-9(15-16-11)10(17)13-5-8-4-6-1-2-7(8)3-6/h6-8H,1-5H2,(H,13,17)(H3,12,14,15,16). The van der Waals surface area contributed by atoms with Gasteiger partial charge in [0.2, 0.25) is 11.8 Å².